The fourth-order valence-electron chi connectivity index (χ4n) is 2.08. The maximum absolute atomic E-state index is 12.1. The van der Waals surface area contributed by atoms with E-state index >= 15 is 0 Å². The van der Waals surface area contributed by atoms with Crippen LogP contribution in [0.15, 0.2) is 18.2 Å². The fraction of sp³-hybridized carbons (Fsp3) is 0.600. The van der Waals surface area contributed by atoms with Crippen LogP contribution in [0.3, 0.4) is 0 Å². The summed E-state index contributed by atoms with van der Waals surface area (Å²) in [7, 11) is -3.38. The number of halogens is 2. The van der Waals surface area contributed by atoms with Crippen LogP contribution in [0.5, 0.6) is 0 Å². The molecule has 0 heterocycles. The summed E-state index contributed by atoms with van der Waals surface area (Å²) in [5.41, 5.74) is 0.565. The average Bonchev–Trinajstić information content (AvgIpc) is 2.42. The molecule has 0 amide bonds. The van der Waals surface area contributed by atoms with Crippen molar-refractivity contribution in [1.82, 2.24) is 4.72 Å². The van der Waals surface area contributed by atoms with Crippen LogP contribution in [0.1, 0.15) is 45.1 Å². The van der Waals surface area contributed by atoms with Gasteiger partial charge >= 0.3 is 0 Å². The molecular weight excluding hydrogens is 329 g/mol. The molecule has 120 valence electrons. The molecule has 1 aromatic carbocycles. The number of hydrogen-bond donors (Lipinski definition) is 1. The van der Waals surface area contributed by atoms with Gasteiger partial charge in [0.25, 0.3) is 0 Å². The second kappa shape index (κ2) is 8.99. The Kier molecular flexibility index (Phi) is 8.03. The molecule has 1 rings (SSSR count). The molecule has 0 saturated heterocycles. The van der Waals surface area contributed by atoms with Gasteiger partial charge in [-0.3, -0.25) is 0 Å². The van der Waals surface area contributed by atoms with Crippen molar-refractivity contribution >= 4 is 33.2 Å². The summed E-state index contributed by atoms with van der Waals surface area (Å²) in [6.07, 6.45) is 4.29. The Morgan fingerprint density at radius 3 is 2.52 bits per heavy atom. The minimum Gasteiger partial charge on any atom is -0.215 e. The first-order valence-electron chi connectivity index (χ1n) is 7.29. The van der Waals surface area contributed by atoms with Gasteiger partial charge in [0.2, 0.25) is 10.0 Å². The maximum atomic E-state index is 12.1. The zero-order valence-corrected chi connectivity index (χ0v) is 14.9. The largest absolute Gasteiger partial charge is 0.215 e. The summed E-state index contributed by atoms with van der Waals surface area (Å²) in [6, 6.07) is 4.86. The molecule has 0 aliphatic rings. The highest BCUT2D eigenvalue weighted by atomic mass is 35.5. The Bertz CT molecular complexity index is 547. The molecule has 0 aromatic heterocycles. The summed E-state index contributed by atoms with van der Waals surface area (Å²) in [5.74, 6) is 0.271. The van der Waals surface area contributed by atoms with E-state index < -0.39 is 10.0 Å². The monoisotopic (exact) mass is 351 g/mol. The van der Waals surface area contributed by atoms with E-state index in [2.05, 4.69) is 18.6 Å². The third-order valence-electron chi connectivity index (χ3n) is 3.50. The van der Waals surface area contributed by atoms with E-state index in [4.69, 9.17) is 23.2 Å². The van der Waals surface area contributed by atoms with Gasteiger partial charge in [-0.2, -0.15) is 0 Å². The van der Waals surface area contributed by atoms with Crippen molar-refractivity contribution in [3.8, 4) is 0 Å². The molecule has 1 atom stereocenters. The molecule has 0 saturated carbocycles. The van der Waals surface area contributed by atoms with Gasteiger partial charge < -0.3 is 0 Å². The van der Waals surface area contributed by atoms with Crippen molar-refractivity contribution in [1.29, 1.82) is 0 Å². The van der Waals surface area contributed by atoms with Crippen molar-refractivity contribution < 1.29 is 8.42 Å². The molecule has 0 aliphatic heterocycles. The van der Waals surface area contributed by atoms with Gasteiger partial charge in [-0.1, -0.05) is 62.4 Å². The van der Waals surface area contributed by atoms with E-state index in [1.807, 2.05) is 0 Å². The fourth-order valence-corrected chi connectivity index (χ4v) is 3.89. The number of hydrogen-bond acceptors (Lipinski definition) is 2. The normalized spacial score (nSPS) is 13.3. The van der Waals surface area contributed by atoms with Crippen LogP contribution >= 0.6 is 23.2 Å². The van der Waals surface area contributed by atoms with Crippen LogP contribution in [-0.2, 0) is 15.8 Å². The Morgan fingerprint density at radius 1 is 1.24 bits per heavy atom. The van der Waals surface area contributed by atoms with Gasteiger partial charge in [0.15, 0.2) is 0 Å². The molecule has 0 unspecified atom stereocenters. The molecule has 0 fully saturated rings. The smallest absolute Gasteiger partial charge is 0.215 e. The van der Waals surface area contributed by atoms with Crippen LogP contribution in [0.25, 0.3) is 0 Å². The molecule has 3 nitrogen and oxygen atoms in total. The lowest BCUT2D eigenvalue weighted by molar-refractivity contribution is 0.443. The minimum atomic E-state index is -3.38. The lowest BCUT2D eigenvalue weighted by Gasteiger charge is -2.15. The molecule has 1 aromatic rings. The van der Waals surface area contributed by atoms with Crippen molar-refractivity contribution in [3.05, 3.63) is 33.8 Å². The van der Waals surface area contributed by atoms with Gasteiger partial charge in [-0.25, -0.2) is 13.1 Å². The van der Waals surface area contributed by atoms with E-state index in [0.29, 0.717) is 28.1 Å². The van der Waals surface area contributed by atoms with Crippen LogP contribution in [0, 0.1) is 5.92 Å². The zero-order chi connectivity index (χ0) is 15.9. The van der Waals surface area contributed by atoms with Crippen LogP contribution < -0.4 is 4.72 Å². The van der Waals surface area contributed by atoms with Crippen molar-refractivity contribution in [2.24, 2.45) is 5.92 Å². The SMILES string of the molecule is CCCC[C@H](CC)CNS(=O)(=O)Cc1ccc(Cl)cc1Cl. The van der Waals surface area contributed by atoms with E-state index in [-0.39, 0.29) is 5.75 Å². The minimum absolute atomic E-state index is 0.118. The van der Waals surface area contributed by atoms with Crippen LogP contribution in [0.2, 0.25) is 10.0 Å². The predicted molar refractivity (Wildman–Crippen MR) is 90.4 cm³/mol. The Morgan fingerprint density at radius 2 is 1.95 bits per heavy atom. The van der Waals surface area contributed by atoms with Gasteiger partial charge in [-0.15, -0.1) is 0 Å². The highest BCUT2D eigenvalue weighted by Gasteiger charge is 2.16. The van der Waals surface area contributed by atoms with Crippen molar-refractivity contribution in [2.45, 2.75) is 45.3 Å². The first-order chi connectivity index (χ1) is 9.88. The van der Waals surface area contributed by atoms with E-state index in [9.17, 15) is 8.42 Å². The molecule has 0 aliphatic carbocycles. The Balaban J connectivity index is 2.60. The Hall–Kier alpha value is -0.290. The average molecular weight is 352 g/mol. The predicted octanol–water partition coefficient (Wildman–Crippen LogP) is 4.63. The van der Waals surface area contributed by atoms with E-state index in [0.717, 1.165) is 25.7 Å². The first kappa shape index (κ1) is 18.8. The molecule has 1 N–H and O–H groups in total. The zero-order valence-electron chi connectivity index (χ0n) is 12.5. The number of rotatable bonds is 9. The standard InChI is InChI=1S/C15H23Cl2NO2S/c1-3-5-6-12(4-2)10-18-21(19,20)11-13-7-8-14(16)9-15(13)17/h7-9,12,18H,3-6,10-11H2,1-2H3/t12-/m0/s1. The second-order valence-electron chi connectivity index (χ2n) is 5.26. The third-order valence-corrected chi connectivity index (χ3v) is 5.38. The van der Waals surface area contributed by atoms with Crippen molar-refractivity contribution in [3.63, 3.8) is 0 Å². The number of unbranched alkanes of at least 4 members (excludes halogenated alkanes) is 1. The summed E-state index contributed by atoms with van der Waals surface area (Å²) in [5, 5.41) is 0.880. The van der Waals surface area contributed by atoms with E-state index in [1.54, 1.807) is 18.2 Å². The number of sulfonamides is 1. The quantitative estimate of drug-likeness (QED) is 0.704. The maximum Gasteiger partial charge on any atom is 0.215 e. The lowest BCUT2D eigenvalue weighted by Crippen LogP contribution is -2.30. The molecular formula is C15H23Cl2NO2S. The van der Waals surface area contributed by atoms with Crippen LogP contribution in [0.4, 0.5) is 0 Å². The number of nitrogens with one attached hydrogen (secondary N) is 1. The molecule has 0 bridgehead atoms. The molecule has 0 spiro atoms. The highest BCUT2D eigenvalue weighted by Crippen LogP contribution is 2.22. The molecule has 21 heavy (non-hydrogen) atoms. The number of benzene rings is 1. The Labute approximate surface area is 138 Å². The lowest BCUT2D eigenvalue weighted by atomic mass is 10.00. The third kappa shape index (κ3) is 7.00. The van der Waals surface area contributed by atoms with Gasteiger partial charge in [0, 0.05) is 16.6 Å². The van der Waals surface area contributed by atoms with E-state index in [1.165, 1.54) is 0 Å². The summed E-state index contributed by atoms with van der Waals surface area (Å²) < 4.78 is 26.9. The molecule has 0 radical (unpaired) electrons. The van der Waals surface area contributed by atoms with Gasteiger partial charge in [-0.05, 0) is 30.0 Å². The molecule has 6 heteroatoms. The van der Waals surface area contributed by atoms with Crippen LogP contribution in [-0.4, -0.2) is 15.0 Å². The van der Waals surface area contributed by atoms with Crippen molar-refractivity contribution in [2.75, 3.05) is 6.54 Å². The van der Waals surface area contributed by atoms with Gasteiger partial charge in [0.1, 0.15) is 0 Å². The highest BCUT2D eigenvalue weighted by molar-refractivity contribution is 7.88. The summed E-state index contributed by atoms with van der Waals surface area (Å²) in [4.78, 5) is 0. The summed E-state index contributed by atoms with van der Waals surface area (Å²) >= 11 is 11.8. The summed E-state index contributed by atoms with van der Waals surface area (Å²) in [6.45, 7) is 4.72. The first-order valence-corrected chi connectivity index (χ1v) is 9.70. The van der Waals surface area contributed by atoms with Gasteiger partial charge in [0.05, 0.1) is 5.75 Å². The second-order valence-corrected chi connectivity index (χ2v) is 7.91. The topological polar surface area (TPSA) is 46.2 Å².